The van der Waals surface area contributed by atoms with Crippen LogP contribution in [0.15, 0.2) is 111 Å². The average Bonchev–Trinajstić information content (AvgIpc) is 3.93. The fourth-order valence-corrected chi connectivity index (χ4v) is 11.1. The van der Waals surface area contributed by atoms with E-state index in [1.54, 1.807) is 6.92 Å². The lowest BCUT2D eigenvalue weighted by Crippen LogP contribution is -2.41. The third kappa shape index (κ3) is 10.5. The lowest BCUT2D eigenvalue weighted by atomic mass is 9.87. The van der Waals surface area contributed by atoms with E-state index in [1.165, 1.54) is 72.4 Å². The summed E-state index contributed by atoms with van der Waals surface area (Å²) in [5.41, 5.74) is 18.5. The lowest BCUT2D eigenvalue weighted by Gasteiger charge is -2.28. The highest BCUT2D eigenvalue weighted by molar-refractivity contribution is 9.10. The minimum Gasteiger partial charge on any atom is -0.444 e. The highest BCUT2D eigenvalue weighted by Gasteiger charge is 2.34. The van der Waals surface area contributed by atoms with Crippen LogP contribution < -0.4 is 16.0 Å². The summed E-state index contributed by atoms with van der Waals surface area (Å²) in [6.07, 6.45) is 12.5. The van der Waals surface area contributed by atoms with E-state index < -0.39 is 5.60 Å². The number of allylic oxidation sites excluding steroid dienone is 3. The van der Waals surface area contributed by atoms with Crippen molar-refractivity contribution in [2.24, 2.45) is 0 Å². The lowest BCUT2D eigenvalue weighted by molar-refractivity contribution is -0.119. The van der Waals surface area contributed by atoms with Crippen molar-refractivity contribution in [2.45, 2.75) is 135 Å². The van der Waals surface area contributed by atoms with Crippen LogP contribution in [0.5, 0.6) is 0 Å². The van der Waals surface area contributed by atoms with Gasteiger partial charge >= 0.3 is 6.09 Å². The smallest absolute Gasteiger partial charge is 0.408 e. The van der Waals surface area contributed by atoms with Gasteiger partial charge in [0.05, 0.1) is 18.1 Å². The summed E-state index contributed by atoms with van der Waals surface area (Å²) in [6, 6.07) is 29.8. The van der Waals surface area contributed by atoms with E-state index in [0.717, 1.165) is 91.6 Å². The molecule has 0 radical (unpaired) electrons. The van der Waals surface area contributed by atoms with Gasteiger partial charge in [0.25, 0.3) is 5.91 Å². The maximum Gasteiger partial charge on any atom is 0.408 e. The predicted octanol–water partition coefficient (Wildman–Crippen LogP) is 12.6. The van der Waals surface area contributed by atoms with Gasteiger partial charge in [-0.1, -0.05) is 86.0 Å². The second kappa shape index (κ2) is 19.2. The Hall–Kier alpha value is -4.73. The fourth-order valence-electron chi connectivity index (χ4n) is 10.4. The molecule has 4 aromatic carbocycles. The molecule has 0 saturated carbocycles. The maximum absolute atomic E-state index is 12.5. The molecule has 4 aromatic rings. The molecule has 6 aliphatic carbocycles. The minimum absolute atomic E-state index is 0.0384. The number of benzene rings is 4. The first-order valence-electron chi connectivity index (χ1n) is 22.7. The Balaban J connectivity index is 0.000000131. The van der Waals surface area contributed by atoms with Gasteiger partial charge in [-0.15, -0.1) is 0 Å². The Morgan fingerprint density at radius 2 is 1.03 bits per heavy atom. The zero-order valence-corrected chi connectivity index (χ0v) is 40.4. The molecule has 7 nitrogen and oxygen atoms in total. The van der Waals surface area contributed by atoms with Gasteiger partial charge in [0, 0.05) is 21.4 Å². The van der Waals surface area contributed by atoms with Crippen LogP contribution in [0, 0.1) is 6.92 Å². The van der Waals surface area contributed by atoms with E-state index >= 15 is 0 Å². The molecule has 3 unspecified atom stereocenters. The molecule has 328 valence electrons. The molecule has 63 heavy (non-hydrogen) atoms. The molecule has 0 spiro atoms. The van der Waals surface area contributed by atoms with Crippen LogP contribution >= 0.6 is 31.9 Å². The zero-order valence-electron chi connectivity index (χ0n) is 37.2. The molecule has 9 heteroatoms. The van der Waals surface area contributed by atoms with Gasteiger partial charge in [0.2, 0.25) is 5.91 Å². The zero-order chi connectivity index (χ0) is 44.4. The van der Waals surface area contributed by atoms with Gasteiger partial charge < -0.3 is 20.7 Å². The Labute approximate surface area is 389 Å². The number of halogens is 2. The Morgan fingerprint density at radius 1 is 0.587 bits per heavy atom. The van der Waals surface area contributed by atoms with E-state index in [-0.39, 0.29) is 36.0 Å². The second-order valence-corrected chi connectivity index (χ2v) is 20.7. The van der Waals surface area contributed by atoms with E-state index in [1.807, 2.05) is 51.1 Å². The summed E-state index contributed by atoms with van der Waals surface area (Å²) in [6.45, 7) is 9.42. The molecule has 0 aromatic heterocycles. The fraction of sp³-hybridized carbons (Fsp3) is 0.389. The molecule has 3 atom stereocenters. The van der Waals surface area contributed by atoms with Gasteiger partial charge in [-0.3, -0.25) is 9.59 Å². The summed E-state index contributed by atoms with van der Waals surface area (Å²) < 4.78 is 7.65. The van der Waals surface area contributed by atoms with Crippen LogP contribution in [0.2, 0.25) is 0 Å². The standard InChI is InChI=1S/C21H21NO.C18H22BrNO2.C15H16BrNO/c1-14-10-11-16-13-19-17(18(16)12-14)8-5-9-20(19)22-21(23)15-6-3-2-4-7-15;1-18(2,3)22-17(21)20-16-6-4-5-13-14-10-12(19)8-7-11(14)9-15(13)16;1-9(18)17-15-4-2-3-12-13-8-11(16)6-5-10(13)7-14(12)15/h2-4,6-7,10-12,20H,5,8-9,13H2,1H3,(H,22,23);7-8,10,16H,4-6,9H2,1-3H3,(H,20,21);5-6,8,15H,2-4,7H2,1H3,(H,17,18). The topological polar surface area (TPSA) is 96.5 Å². The number of aryl methyl sites for hydroxylation is 1. The van der Waals surface area contributed by atoms with Gasteiger partial charge in [-0.25, -0.2) is 4.79 Å². The monoisotopic (exact) mass is 971 g/mol. The quantitative estimate of drug-likeness (QED) is 0.190. The van der Waals surface area contributed by atoms with E-state index in [9.17, 15) is 14.4 Å². The number of nitrogens with one attached hydrogen (secondary N) is 3. The number of rotatable bonds is 4. The number of hydrogen-bond donors (Lipinski definition) is 3. The second-order valence-electron chi connectivity index (χ2n) is 18.8. The van der Waals surface area contributed by atoms with Crippen molar-refractivity contribution in [1.82, 2.24) is 16.0 Å². The number of carbonyl (C=O) groups excluding carboxylic acids is 3. The molecule has 0 saturated heterocycles. The van der Waals surface area contributed by atoms with Crippen LogP contribution in [0.1, 0.15) is 135 Å². The molecular formula is C54H59Br2N3O4. The van der Waals surface area contributed by atoms with Crippen LogP contribution in [0.3, 0.4) is 0 Å². The number of amides is 3. The first-order chi connectivity index (χ1) is 30.2. The first-order valence-corrected chi connectivity index (χ1v) is 24.2. The number of carbonyl (C=O) groups is 3. The predicted molar refractivity (Wildman–Crippen MR) is 261 cm³/mol. The number of fused-ring (bicyclic) bond motifs is 6. The molecule has 0 aliphatic heterocycles. The Morgan fingerprint density at radius 3 is 1.51 bits per heavy atom. The summed E-state index contributed by atoms with van der Waals surface area (Å²) in [7, 11) is 0. The summed E-state index contributed by atoms with van der Waals surface area (Å²) >= 11 is 7.10. The van der Waals surface area contributed by atoms with Crippen molar-refractivity contribution >= 4 is 66.5 Å². The van der Waals surface area contributed by atoms with Crippen molar-refractivity contribution in [3.8, 4) is 0 Å². The highest BCUT2D eigenvalue weighted by Crippen LogP contribution is 2.45. The van der Waals surface area contributed by atoms with Crippen molar-refractivity contribution in [1.29, 1.82) is 0 Å². The molecule has 3 amide bonds. The van der Waals surface area contributed by atoms with Crippen LogP contribution in [-0.4, -0.2) is 41.6 Å². The molecule has 10 rings (SSSR count). The minimum atomic E-state index is -0.459. The van der Waals surface area contributed by atoms with Crippen molar-refractivity contribution in [3.63, 3.8) is 0 Å². The summed E-state index contributed by atoms with van der Waals surface area (Å²) in [5.74, 6) is 0.113. The highest BCUT2D eigenvalue weighted by atomic mass is 79.9. The average molecular weight is 974 g/mol. The van der Waals surface area contributed by atoms with E-state index in [0.29, 0.717) is 0 Å². The van der Waals surface area contributed by atoms with Crippen molar-refractivity contribution in [3.05, 3.63) is 155 Å². The van der Waals surface area contributed by atoms with E-state index in [2.05, 4.69) is 109 Å². The molecule has 0 fully saturated rings. The largest absolute Gasteiger partial charge is 0.444 e. The van der Waals surface area contributed by atoms with Crippen LogP contribution in [-0.2, 0) is 28.8 Å². The molecule has 0 bridgehead atoms. The van der Waals surface area contributed by atoms with Gasteiger partial charge in [-0.2, -0.15) is 0 Å². The molecule has 3 N–H and O–H groups in total. The third-order valence-electron chi connectivity index (χ3n) is 13.1. The Bertz CT molecular complexity index is 2530. The van der Waals surface area contributed by atoms with Crippen LogP contribution in [0.25, 0.3) is 16.7 Å². The van der Waals surface area contributed by atoms with Crippen molar-refractivity contribution < 1.29 is 19.1 Å². The van der Waals surface area contributed by atoms with Gasteiger partial charge in [-0.05, 0) is 208 Å². The maximum atomic E-state index is 12.5. The summed E-state index contributed by atoms with van der Waals surface area (Å²) in [5, 5.41) is 9.42. The summed E-state index contributed by atoms with van der Waals surface area (Å²) in [4.78, 5) is 35.9. The van der Waals surface area contributed by atoms with Crippen molar-refractivity contribution in [2.75, 3.05) is 0 Å². The van der Waals surface area contributed by atoms with Gasteiger partial charge in [0.1, 0.15) is 5.60 Å². The molecular weight excluding hydrogens is 914 g/mol. The normalized spacial score (nSPS) is 20.3. The first kappa shape index (κ1) is 44.9. The molecule has 0 heterocycles. The van der Waals surface area contributed by atoms with E-state index in [4.69, 9.17) is 4.74 Å². The number of hydrogen-bond acceptors (Lipinski definition) is 4. The SMILES string of the molecule is CC(=O)NC1CCCC2=C1Cc1ccc(Br)cc12.CC(C)(C)OC(=O)NC1CCCC2=C1Cc1ccc(Br)cc12.Cc1ccc2c(c1)C1=C(C2)C(NC(=O)c2ccccc2)CCC1. The number of ether oxygens (including phenoxy) is 1. The molecule has 6 aliphatic rings. The van der Waals surface area contributed by atoms with Crippen LogP contribution in [0.4, 0.5) is 4.79 Å². The third-order valence-corrected chi connectivity index (χ3v) is 14.1. The number of alkyl carbamates (subject to hydrolysis) is 1. The van der Waals surface area contributed by atoms with Gasteiger partial charge in [0.15, 0.2) is 0 Å². The Kier molecular flexibility index (Phi) is 13.6.